The first-order chi connectivity index (χ1) is 6.62. The fourth-order valence-electron chi connectivity index (χ4n) is 2.21. The van der Waals surface area contributed by atoms with Crippen LogP contribution in [0.1, 0.15) is 48.9 Å². The van der Waals surface area contributed by atoms with Crippen molar-refractivity contribution in [2.45, 2.75) is 51.4 Å². The number of thiazole rings is 1. The Hall–Kier alpha value is -0.570. The summed E-state index contributed by atoms with van der Waals surface area (Å²) >= 11 is 1.78. The van der Waals surface area contributed by atoms with E-state index in [0.717, 1.165) is 5.82 Å². The molecule has 0 aromatic carbocycles. The third-order valence-electron chi connectivity index (χ3n) is 3.31. The van der Waals surface area contributed by atoms with Gasteiger partial charge in [-0.25, -0.2) is 4.98 Å². The zero-order valence-electron chi connectivity index (χ0n) is 8.97. The van der Waals surface area contributed by atoms with E-state index in [-0.39, 0.29) is 0 Å². The minimum atomic E-state index is 0.311. The lowest BCUT2D eigenvalue weighted by atomic mass is 9.76. The quantitative estimate of drug-likeness (QED) is 0.772. The molecule has 0 atom stereocenters. The van der Waals surface area contributed by atoms with Crippen LogP contribution in [0.25, 0.3) is 0 Å². The molecule has 0 unspecified atom stereocenters. The summed E-state index contributed by atoms with van der Waals surface area (Å²) in [5, 5.41) is 1.26. The van der Waals surface area contributed by atoms with Gasteiger partial charge in [0.15, 0.2) is 0 Å². The number of nitrogens with two attached hydrogens (primary N) is 1. The van der Waals surface area contributed by atoms with E-state index in [9.17, 15) is 0 Å². The summed E-state index contributed by atoms with van der Waals surface area (Å²) in [6.45, 7) is 4.40. The van der Waals surface area contributed by atoms with E-state index in [0.29, 0.717) is 5.41 Å². The van der Waals surface area contributed by atoms with Crippen molar-refractivity contribution < 1.29 is 0 Å². The molecule has 1 aliphatic carbocycles. The second-order valence-corrected chi connectivity index (χ2v) is 5.78. The number of hydrogen-bond acceptors (Lipinski definition) is 3. The topological polar surface area (TPSA) is 38.9 Å². The molecule has 14 heavy (non-hydrogen) atoms. The van der Waals surface area contributed by atoms with E-state index < -0.39 is 0 Å². The van der Waals surface area contributed by atoms with Crippen LogP contribution >= 0.6 is 11.3 Å². The Morgan fingerprint density at radius 1 is 1.29 bits per heavy atom. The molecule has 0 aliphatic heterocycles. The van der Waals surface area contributed by atoms with E-state index in [2.05, 4.69) is 18.8 Å². The average molecular weight is 210 g/mol. The summed E-state index contributed by atoms with van der Waals surface area (Å²) in [4.78, 5) is 5.67. The normalized spacial score (nSPS) is 21.0. The van der Waals surface area contributed by atoms with Crippen LogP contribution in [0.2, 0.25) is 0 Å². The standard InChI is InChI=1S/C11H18N2S/c1-8-9(12)13-10(14-8)11(2)6-4-3-5-7-11/h3-7,12H2,1-2H3. The van der Waals surface area contributed by atoms with Gasteiger partial charge in [0.2, 0.25) is 0 Å². The largest absolute Gasteiger partial charge is 0.383 e. The molecular formula is C11H18N2S. The van der Waals surface area contributed by atoms with Crippen molar-refractivity contribution in [3.8, 4) is 0 Å². The minimum Gasteiger partial charge on any atom is -0.383 e. The first-order valence-electron chi connectivity index (χ1n) is 5.35. The Morgan fingerprint density at radius 3 is 2.43 bits per heavy atom. The summed E-state index contributed by atoms with van der Waals surface area (Å²) in [6, 6.07) is 0. The molecule has 0 radical (unpaired) electrons. The molecule has 1 saturated carbocycles. The second kappa shape index (κ2) is 3.54. The highest BCUT2D eigenvalue weighted by Gasteiger charge is 2.31. The average Bonchev–Trinajstić information content (AvgIpc) is 2.49. The second-order valence-electron chi connectivity index (χ2n) is 4.58. The van der Waals surface area contributed by atoms with E-state index >= 15 is 0 Å². The van der Waals surface area contributed by atoms with Gasteiger partial charge in [-0.2, -0.15) is 0 Å². The van der Waals surface area contributed by atoms with Crippen molar-refractivity contribution >= 4 is 17.2 Å². The maximum absolute atomic E-state index is 5.81. The number of nitrogens with zero attached hydrogens (tertiary/aromatic N) is 1. The van der Waals surface area contributed by atoms with E-state index in [4.69, 9.17) is 5.73 Å². The van der Waals surface area contributed by atoms with Crippen molar-refractivity contribution in [3.05, 3.63) is 9.88 Å². The number of rotatable bonds is 1. The summed E-state index contributed by atoms with van der Waals surface area (Å²) in [5.41, 5.74) is 6.12. The highest BCUT2D eigenvalue weighted by Crippen LogP contribution is 2.41. The Morgan fingerprint density at radius 2 is 1.93 bits per heavy atom. The molecule has 1 heterocycles. The van der Waals surface area contributed by atoms with E-state index in [1.165, 1.54) is 42.0 Å². The number of aromatic nitrogens is 1. The predicted molar refractivity (Wildman–Crippen MR) is 61.7 cm³/mol. The highest BCUT2D eigenvalue weighted by molar-refractivity contribution is 7.12. The van der Waals surface area contributed by atoms with Gasteiger partial charge >= 0.3 is 0 Å². The third-order valence-corrected chi connectivity index (χ3v) is 4.60. The molecule has 0 amide bonds. The minimum absolute atomic E-state index is 0.311. The van der Waals surface area contributed by atoms with Crippen molar-refractivity contribution in [2.24, 2.45) is 0 Å². The van der Waals surface area contributed by atoms with Crippen LogP contribution in [0.4, 0.5) is 5.82 Å². The highest BCUT2D eigenvalue weighted by atomic mass is 32.1. The number of aryl methyl sites for hydroxylation is 1. The van der Waals surface area contributed by atoms with Gasteiger partial charge in [-0.15, -0.1) is 11.3 Å². The molecule has 3 heteroatoms. The molecule has 0 bridgehead atoms. The maximum atomic E-state index is 5.81. The molecule has 78 valence electrons. The zero-order chi connectivity index (χ0) is 10.2. The molecular weight excluding hydrogens is 192 g/mol. The van der Waals surface area contributed by atoms with Gasteiger partial charge in [0, 0.05) is 10.3 Å². The van der Waals surface area contributed by atoms with E-state index in [1.807, 2.05) is 0 Å². The van der Waals surface area contributed by atoms with Crippen LogP contribution in [-0.4, -0.2) is 4.98 Å². The summed E-state index contributed by atoms with van der Waals surface area (Å²) in [5.74, 6) is 0.733. The Balaban J connectivity index is 2.28. The fourth-order valence-corrected chi connectivity index (χ4v) is 3.25. The van der Waals surface area contributed by atoms with Crippen molar-refractivity contribution in [1.82, 2.24) is 4.98 Å². The van der Waals surface area contributed by atoms with Gasteiger partial charge in [0.1, 0.15) is 10.8 Å². The van der Waals surface area contributed by atoms with E-state index in [1.54, 1.807) is 11.3 Å². The van der Waals surface area contributed by atoms with Crippen molar-refractivity contribution in [2.75, 3.05) is 5.73 Å². The lowest BCUT2D eigenvalue weighted by molar-refractivity contribution is 0.319. The Kier molecular flexibility index (Phi) is 2.52. The lowest BCUT2D eigenvalue weighted by Crippen LogP contribution is -2.24. The predicted octanol–water partition coefficient (Wildman–Crippen LogP) is 3.26. The van der Waals surface area contributed by atoms with Crippen LogP contribution in [0.15, 0.2) is 0 Å². The van der Waals surface area contributed by atoms with Gasteiger partial charge < -0.3 is 5.73 Å². The molecule has 1 fully saturated rings. The van der Waals surface area contributed by atoms with Crippen LogP contribution in [0.3, 0.4) is 0 Å². The molecule has 1 aliphatic rings. The fraction of sp³-hybridized carbons (Fsp3) is 0.727. The van der Waals surface area contributed by atoms with Crippen LogP contribution in [0.5, 0.6) is 0 Å². The summed E-state index contributed by atoms with van der Waals surface area (Å²) in [6.07, 6.45) is 6.62. The summed E-state index contributed by atoms with van der Waals surface area (Å²) in [7, 11) is 0. The van der Waals surface area contributed by atoms with Crippen LogP contribution in [0, 0.1) is 6.92 Å². The SMILES string of the molecule is Cc1sc(C2(C)CCCCC2)nc1N. The van der Waals surface area contributed by atoms with Crippen molar-refractivity contribution in [1.29, 1.82) is 0 Å². The molecule has 1 aromatic rings. The Bertz CT molecular complexity index is 305. The van der Waals surface area contributed by atoms with Gasteiger partial charge in [-0.3, -0.25) is 0 Å². The summed E-state index contributed by atoms with van der Waals surface area (Å²) < 4.78 is 0. The molecule has 2 N–H and O–H groups in total. The van der Waals surface area contributed by atoms with Gasteiger partial charge in [-0.1, -0.05) is 26.2 Å². The molecule has 0 saturated heterocycles. The maximum Gasteiger partial charge on any atom is 0.137 e. The first-order valence-corrected chi connectivity index (χ1v) is 6.17. The molecule has 1 aromatic heterocycles. The Labute approximate surface area is 89.5 Å². The third kappa shape index (κ3) is 1.65. The van der Waals surface area contributed by atoms with Crippen molar-refractivity contribution in [3.63, 3.8) is 0 Å². The zero-order valence-corrected chi connectivity index (χ0v) is 9.78. The number of anilines is 1. The van der Waals surface area contributed by atoms with Gasteiger partial charge in [0.25, 0.3) is 0 Å². The van der Waals surface area contributed by atoms with Gasteiger partial charge in [0.05, 0.1) is 0 Å². The van der Waals surface area contributed by atoms with Crippen LogP contribution < -0.4 is 5.73 Å². The molecule has 2 nitrogen and oxygen atoms in total. The molecule has 0 spiro atoms. The first kappa shape index (κ1) is 9.97. The monoisotopic (exact) mass is 210 g/mol. The van der Waals surface area contributed by atoms with Gasteiger partial charge in [-0.05, 0) is 19.8 Å². The number of nitrogen functional groups attached to an aromatic ring is 1. The van der Waals surface area contributed by atoms with Crippen LogP contribution in [-0.2, 0) is 5.41 Å². The smallest absolute Gasteiger partial charge is 0.137 e. The molecule has 2 rings (SSSR count). The number of hydrogen-bond donors (Lipinski definition) is 1. The lowest BCUT2D eigenvalue weighted by Gasteiger charge is -2.31.